The summed E-state index contributed by atoms with van der Waals surface area (Å²) in [6.07, 6.45) is 0.898. The fraction of sp³-hybridized carbons (Fsp3) is 0.389. The first-order chi connectivity index (χ1) is 9.94. The van der Waals surface area contributed by atoms with Crippen LogP contribution in [-0.4, -0.2) is 18.7 Å². The lowest BCUT2D eigenvalue weighted by Crippen LogP contribution is -2.36. The van der Waals surface area contributed by atoms with E-state index in [-0.39, 0.29) is 11.6 Å². The SMILES string of the molecule is COC(=O)c1ccc2c3c(ccc2c1)OC(C)(C(C)C)C3. The smallest absolute Gasteiger partial charge is 0.337 e. The van der Waals surface area contributed by atoms with Gasteiger partial charge in [0.15, 0.2) is 0 Å². The number of fused-ring (bicyclic) bond motifs is 3. The Morgan fingerprint density at radius 2 is 2.05 bits per heavy atom. The van der Waals surface area contributed by atoms with Crippen LogP contribution in [0.2, 0.25) is 0 Å². The Balaban J connectivity index is 2.09. The van der Waals surface area contributed by atoms with Gasteiger partial charge >= 0.3 is 5.97 Å². The van der Waals surface area contributed by atoms with Crippen molar-refractivity contribution in [3.63, 3.8) is 0 Å². The van der Waals surface area contributed by atoms with Crippen molar-refractivity contribution in [2.75, 3.05) is 7.11 Å². The molecule has 0 bridgehead atoms. The molecule has 0 spiro atoms. The minimum Gasteiger partial charge on any atom is -0.487 e. The van der Waals surface area contributed by atoms with Crippen molar-refractivity contribution in [1.82, 2.24) is 0 Å². The summed E-state index contributed by atoms with van der Waals surface area (Å²) in [4.78, 5) is 11.6. The van der Waals surface area contributed by atoms with Gasteiger partial charge in [-0.25, -0.2) is 4.79 Å². The summed E-state index contributed by atoms with van der Waals surface area (Å²) in [7, 11) is 1.40. The molecule has 3 heteroatoms. The zero-order valence-corrected chi connectivity index (χ0v) is 12.9. The van der Waals surface area contributed by atoms with Crippen molar-refractivity contribution in [1.29, 1.82) is 0 Å². The molecule has 1 atom stereocenters. The van der Waals surface area contributed by atoms with Gasteiger partial charge in [-0.3, -0.25) is 0 Å². The van der Waals surface area contributed by atoms with Crippen molar-refractivity contribution >= 4 is 16.7 Å². The van der Waals surface area contributed by atoms with E-state index in [9.17, 15) is 4.79 Å². The highest BCUT2D eigenvalue weighted by molar-refractivity contribution is 5.97. The van der Waals surface area contributed by atoms with Crippen LogP contribution in [-0.2, 0) is 11.2 Å². The fourth-order valence-corrected chi connectivity index (χ4v) is 2.86. The quantitative estimate of drug-likeness (QED) is 0.783. The van der Waals surface area contributed by atoms with Crippen LogP contribution in [0.1, 0.15) is 36.7 Å². The first kappa shape index (κ1) is 13.9. The number of hydrogen-bond donors (Lipinski definition) is 0. The molecule has 0 radical (unpaired) electrons. The summed E-state index contributed by atoms with van der Waals surface area (Å²) in [5.74, 6) is 1.10. The Bertz CT molecular complexity index is 718. The van der Waals surface area contributed by atoms with Crippen molar-refractivity contribution in [2.24, 2.45) is 5.92 Å². The van der Waals surface area contributed by atoms with Crippen LogP contribution in [0.5, 0.6) is 5.75 Å². The molecule has 1 aliphatic rings. The minimum atomic E-state index is -0.305. The number of benzene rings is 2. The Hall–Kier alpha value is -2.03. The van der Waals surface area contributed by atoms with Crippen molar-refractivity contribution < 1.29 is 14.3 Å². The molecule has 1 heterocycles. The van der Waals surface area contributed by atoms with Crippen LogP contribution < -0.4 is 4.74 Å². The third-order valence-corrected chi connectivity index (χ3v) is 4.60. The average molecular weight is 284 g/mol. The van der Waals surface area contributed by atoms with E-state index in [1.807, 2.05) is 30.3 Å². The molecule has 0 saturated heterocycles. The second-order valence-electron chi connectivity index (χ2n) is 6.22. The number of rotatable bonds is 2. The van der Waals surface area contributed by atoms with Crippen molar-refractivity contribution in [3.05, 3.63) is 41.5 Å². The normalized spacial score (nSPS) is 20.4. The maximum Gasteiger partial charge on any atom is 0.337 e. The Morgan fingerprint density at radius 1 is 1.29 bits per heavy atom. The second-order valence-corrected chi connectivity index (χ2v) is 6.22. The highest BCUT2D eigenvalue weighted by Gasteiger charge is 2.38. The molecule has 0 amide bonds. The first-order valence-electron chi connectivity index (χ1n) is 7.27. The summed E-state index contributed by atoms with van der Waals surface area (Å²) in [6.45, 7) is 6.53. The molecule has 3 rings (SSSR count). The lowest BCUT2D eigenvalue weighted by molar-refractivity contribution is 0.0600. The molecule has 0 saturated carbocycles. The predicted octanol–water partition coefficient (Wildman–Crippen LogP) is 3.98. The first-order valence-corrected chi connectivity index (χ1v) is 7.27. The van der Waals surface area contributed by atoms with E-state index >= 15 is 0 Å². The fourth-order valence-electron chi connectivity index (χ4n) is 2.86. The second kappa shape index (κ2) is 4.76. The van der Waals surface area contributed by atoms with E-state index in [0.29, 0.717) is 11.5 Å². The van der Waals surface area contributed by atoms with E-state index in [1.165, 1.54) is 12.7 Å². The van der Waals surface area contributed by atoms with E-state index in [2.05, 4.69) is 20.8 Å². The van der Waals surface area contributed by atoms with Crippen LogP contribution in [0, 0.1) is 5.92 Å². The van der Waals surface area contributed by atoms with Gasteiger partial charge in [-0.05, 0) is 41.8 Å². The van der Waals surface area contributed by atoms with Gasteiger partial charge in [-0.1, -0.05) is 26.0 Å². The summed E-state index contributed by atoms with van der Waals surface area (Å²) in [5.41, 5.74) is 1.66. The number of ether oxygens (including phenoxy) is 2. The van der Waals surface area contributed by atoms with Gasteiger partial charge < -0.3 is 9.47 Å². The van der Waals surface area contributed by atoms with Crippen LogP contribution >= 0.6 is 0 Å². The third-order valence-electron chi connectivity index (χ3n) is 4.60. The standard InChI is InChI=1S/C18H20O3/c1-11(2)18(3)10-15-14-7-5-13(17(19)20-4)9-12(14)6-8-16(15)21-18/h5-9,11H,10H2,1-4H3. The number of hydrogen-bond acceptors (Lipinski definition) is 3. The highest BCUT2D eigenvalue weighted by Crippen LogP contribution is 2.42. The zero-order chi connectivity index (χ0) is 15.2. The van der Waals surface area contributed by atoms with E-state index in [0.717, 1.165) is 22.9 Å². The molecule has 21 heavy (non-hydrogen) atoms. The maximum absolute atomic E-state index is 11.6. The zero-order valence-electron chi connectivity index (χ0n) is 12.9. The van der Waals surface area contributed by atoms with Crippen LogP contribution in [0.25, 0.3) is 10.8 Å². The van der Waals surface area contributed by atoms with Gasteiger partial charge in [-0.2, -0.15) is 0 Å². The molecule has 1 unspecified atom stereocenters. The number of methoxy groups -OCH3 is 1. The highest BCUT2D eigenvalue weighted by atomic mass is 16.5. The Labute approximate surface area is 124 Å². The molecule has 2 aromatic carbocycles. The molecule has 0 aromatic heterocycles. The molecule has 110 valence electrons. The molecule has 0 aliphatic carbocycles. The van der Waals surface area contributed by atoms with Crippen LogP contribution in [0.3, 0.4) is 0 Å². The molecule has 1 aliphatic heterocycles. The van der Waals surface area contributed by atoms with Gasteiger partial charge in [-0.15, -0.1) is 0 Å². The van der Waals surface area contributed by atoms with Crippen molar-refractivity contribution in [3.8, 4) is 5.75 Å². The average Bonchev–Trinajstić information content (AvgIpc) is 2.84. The van der Waals surface area contributed by atoms with Gasteiger partial charge in [0.05, 0.1) is 12.7 Å². The molecular weight excluding hydrogens is 264 g/mol. The van der Waals surface area contributed by atoms with E-state index in [1.54, 1.807) is 0 Å². The summed E-state index contributed by atoms with van der Waals surface area (Å²) < 4.78 is 10.9. The number of carbonyl (C=O) groups is 1. The predicted molar refractivity (Wildman–Crippen MR) is 82.9 cm³/mol. The van der Waals surface area contributed by atoms with E-state index < -0.39 is 0 Å². The monoisotopic (exact) mass is 284 g/mol. The summed E-state index contributed by atoms with van der Waals surface area (Å²) in [6, 6.07) is 9.71. The molecular formula is C18H20O3. The van der Waals surface area contributed by atoms with Gasteiger partial charge in [0.25, 0.3) is 0 Å². The third kappa shape index (κ3) is 2.17. The van der Waals surface area contributed by atoms with Gasteiger partial charge in [0.2, 0.25) is 0 Å². The number of esters is 1. The largest absolute Gasteiger partial charge is 0.487 e. The molecule has 2 aromatic rings. The number of carbonyl (C=O) groups excluding carboxylic acids is 1. The summed E-state index contributed by atoms with van der Waals surface area (Å²) >= 11 is 0. The topological polar surface area (TPSA) is 35.5 Å². The van der Waals surface area contributed by atoms with E-state index in [4.69, 9.17) is 9.47 Å². The lowest BCUT2D eigenvalue weighted by atomic mass is 9.86. The molecule has 0 fully saturated rings. The van der Waals surface area contributed by atoms with Crippen molar-refractivity contribution in [2.45, 2.75) is 32.8 Å². The van der Waals surface area contributed by atoms with Gasteiger partial charge in [0, 0.05) is 12.0 Å². The molecule has 3 nitrogen and oxygen atoms in total. The van der Waals surface area contributed by atoms with Crippen LogP contribution in [0.4, 0.5) is 0 Å². The summed E-state index contributed by atoms with van der Waals surface area (Å²) in [5, 5.41) is 2.21. The van der Waals surface area contributed by atoms with Crippen LogP contribution in [0.15, 0.2) is 30.3 Å². The lowest BCUT2D eigenvalue weighted by Gasteiger charge is -2.28. The minimum absolute atomic E-state index is 0.155. The van der Waals surface area contributed by atoms with Gasteiger partial charge in [0.1, 0.15) is 11.4 Å². The Morgan fingerprint density at radius 3 is 2.71 bits per heavy atom. The molecule has 0 N–H and O–H groups in total. The maximum atomic E-state index is 11.6. The Kier molecular flexibility index (Phi) is 3.16.